The topological polar surface area (TPSA) is 174 Å². The maximum atomic E-state index is 12.6. The second-order valence-corrected chi connectivity index (χ2v) is 6.86. The summed E-state index contributed by atoms with van der Waals surface area (Å²) in [6.07, 6.45) is 0.281. The molecule has 3 atom stereocenters. The number of ether oxygens (including phenoxy) is 1. The first-order chi connectivity index (χ1) is 13.8. The Hall–Kier alpha value is -3.48. The second kappa shape index (κ2) is 8.26. The number of furan rings is 1. The SMILES string of the molecule is CO/N=C(\C(=O)N[C@H]1C(=O)N2C(C(=O)O)C(COC(N)=O)=CS[C@@H]12)c1ccco1. The summed E-state index contributed by atoms with van der Waals surface area (Å²) >= 11 is 1.11. The minimum atomic E-state index is -1.33. The van der Waals surface area contributed by atoms with Gasteiger partial charge in [0.05, 0.1) is 6.26 Å². The van der Waals surface area contributed by atoms with Crippen LogP contribution in [0.4, 0.5) is 4.79 Å². The lowest BCUT2D eigenvalue weighted by atomic mass is 9.98. The standard InChI is InChI=1S/C16H16N4O8S/c1-26-19-9(8-3-2-4-27-8)12(21)18-10-13(22)20-11(15(23)24)7(5-28-16(17)25)6-29-14(10)20/h2-4,6,10-11,14H,5H2,1H3,(H2,17,25)(H,18,21)(H,23,24)/b19-9-/t10-,11?,14-/m0/s1. The number of hydrogen-bond acceptors (Lipinski definition) is 9. The molecule has 3 rings (SSSR count). The number of fused-ring (bicyclic) bond motifs is 1. The van der Waals surface area contributed by atoms with Crippen molar-refractivity contribution in [1.29, 1.82) is 0 Å². The van der Waals surface area contributed by atoms with E-state index in [4.69, 9.17) is 10.2 Å². The molecule has 0 radical (unpaired) electrons. The zero-order valence-electron chi connectivity index (χ0n) is 14.9. The van der Waals surface area contributed by atoms with Crippen LogP contribution in [0.25, 0.3) is 0 Å². The molecule has 1 saturated heterocycles. The Morgan fingerprint density at radius 3 is 2.79 bits per heavy atom. The van der Waals surface area contributed by atoms with Crippen molar-refractivity contribution >= 4 is 41.4 Å². The number of carboxylic acids is 1. The van der Waals surface area contributed by atoms with E-state index in [1.165, 1.54) is 24.8 Å². The van der Waals surface area contributed by atoms with E-state index in [1.807, 2.05) is 0 Å². The Bertz CT molecular complexity index is 897. The van der Waals surface area contributed by atoms with Crippen LogP contribution < -0.4 is 11.1 Å². The van der Waals surface area contributed by atoms with Crippen LogP contribution in [-0.2, 0) is 24.0 Å². The lowest BCUT2D eigenvalue weighted by Crippen LogP contribution is -2.74. The molecule has 12 nitrogen and oxygen atoms in total. The number of aliphatic carboxylic acids is 1. The summed E-state index contributed by atoms with van der Waals surface area (Å²) in [4.78, 5) is 53.3. The van der Waals surface area contributed by atoms with Gasteiger partial charge in [-0.2, -0.15) is 0 Å². The van der Waals surface area contributed by atoms with Crippen LogP contribution >= 0.6 is 11.8 Å². The third-order valence-electron chi connectivity index (χ3n) is 4.12. The Morgan fingerprint density at radius 1 is 1.45 bits per heavy atom. The van der Waals surface area contributed by atoms with E-state index in [2.05, 4.69) is 20.0 Å². The summed E-state index contributed by atoms with van der Waals surface area (Å²) in [5, 5.41) is 16.5. The van der Waals surface area contributed by atoms with Crippen LogP contribution in [0, 0.1) is 0 Å². The van der Waals surface area contributed by atoms with Crippen molar-refractivity contribution in [2.75, 3.05) is 13.7 Å². The summed E-state index contributed by atoms with van der Waals surface area (Å²) in [5.41, 5.74) is 4.92. The highest BCUT2D eigenvalue weighted by Crippen LogP contribution is 2.40. The van der Waals surface area contributed by atoms with E-state index in [-0.39, 0.29) is 23.7 Å². The maximum Gasteiger partial charge on any atom is 0.404 e. The summed E-state index contributed by atoms with van der Waals surface area (Å²) < 4.78 is 9.78. The monoisotopic (exact) mass is 424 g/mol. The van der Waals surface area contributed by atoms with E-state index >= 15 is 0 Å². The first kappa shape index (κ1) is 20.3. The molecule has 2 aliphatic rings. The summed E-state index contributed by atoms with van der Waals surface area (Å²) in [6, 6.07) is 0.731. The number of β-lactam (4-membered cyclic amide) rings is 1. The minimum absolute atomic E-state index is 0.137. The molecule has 1 unspecified atom stereocenters. The zero-order valence-corrected chi connectivity index (χ0v) is 15.8. The molecule has 1 aromatic rings. The molecule has 0 saturated carbocycles. The molecule has 1 aromatic heterocycles. The molecule has 3 heterocycles. The average molecular weight is 424 g/mol. The van der Waals surface area contributed by atoms with Crippen LogP contribution in [0.3, 0.4) is 0 Å². The van der Waals surface area contributed by atoms with Crippen LogP contribution in [0.1, 0.15) is 5.76 Å². The van der Waals surface area contributed by atoms with Crippen molar-refractivity contribution < 1.29 is 38.3 Å². The quantitative estimate of drug-likeness (QED) is 0.295. The molecule has 0 spiro atoms. The molecular formula is C16H16N4O8S. The lowest BCUT2D eigenvalue weighted by molar-refractivity contribution is -0.160. The first-order valence-electron chi connectivity index (χ1n) is 8.12. The van der Waals surface area contributed by atoms with Gasteiger partial charge in [0.25, 0.3) is 5.91 Å². The van der Waals surface area contributed by atoms with Gasteiger partial charge in [-0.05, 0) is 17.5 Å². The van der Waals surface area contributed by atoms with Crippen molar-refractivity contribution in [3.05, 3.63) is 35.1 Å². The minimum Gasteiger partial charge on any atom is -0.479 e. The van der Waals surface area contributed by atoms with Gasteiger partial charge in [0.15, 0.2) is 11.8 Å². The van der Waals surface area contributed by atoms with E-state index in [0.29, 0.717) is 0 Å². The molecular weight excluding hydrogens is 408 g/mol. The maximum absolute atomic E-state index is 12.6. The van der Waals surface area contributed by atoms with Gasteiger partial charge in [-0.15, -0.1) is 11.8 Å². The van der Waals surface area contributed by atoms with Crippen LogP contribution in [0.15, 0.2) is 38.9 Å². The van der Waals surface area contributed by atoms with E-state index in [1.54, 1.807) is 6.07 Å². The normalized spacial score (nSPS) is 23.4. The van der Waals surface area contributed by atoms with Crippen LogP contribution in [0.5, 0.6) is 0 Å². The first-order valence-corrected chi connectivity index (χ1v) is 9.07. The molecule has 2 aliphatic heterocycles. The van der Waals surface area contributed by atoms with Gasteiger partial charge < -0.3 is 35.0 Å². The van der Waals surface area contributed by atoms with Crippen molar-refractivity contribution in [3.63, 3.8) is 0 Å². The summed E-state index contributed by atoms with van der Waals surface area (Å²) in [6.45, 7) is -0.365. The van der Waals surface area contributed by atoms with Crippen LogP contribution in [0.2, 0.25) is 0 Å². The van der Waals surface area contributed by atoms with Gasteiger partial charge in [-0.25, -0.2) is 9.59 Å². The molecule has 3 amide bonds. The number of amides is 3. The second-order valence-electron chi connectivity index (χ2n) is 5.86. The van der Waals surface area contributed by atoms with Gasteiger partial charge in [0, 0.05) is 5.57 Å². The highest BCUT2D eigenvalue weighted by atomic mass is 32.2. The number of thioether (sulfide) groups is 1. The Labute approximate surface area is 167 Å². The largest absolute Gasteiger partial charge is 0.479 e. The van der Waals surface area contributed by atoms with Gasteiger partial charge in [-0.3, -0.25) is 9.59 Å². The predicted octanol–water partition coefficient (Wildman–Crippen LogP) is -0.538. The average Bonchev–Trinajstić information content (AvgIpc) is 3.21. The number of rotatable bonds is 7. The number of carbonyl (C=O) groups is 4. The fourth-order valence-electron chi connectivity index (χ4n) is 2.90. The lowest BCUT2D eigenvalue weighted by Gasteiger charge is -2.51. The number of primary amides is 1. The molecule has 1 fully saturated rings. The van der Waals surface area contributed by atoms with Crippen molar-refractivity contribution in [2.24, 2.45) is 10.9 Å². The zero-order chi connectivity index (χ0) is 21.1. The van der Waals surface area contributed by atoms with Gasteiger partial charge >= 0.3 is 12.1 Å². The van der Waals surface area contributed by atoms with E-state index < -0.39 is 41.3 Å². The molecule has 0 aromatic carbocycles. The summed E-state index contributed by atoms with van der Waals surface area (Å²) in [7, 11) is 1.25. The van der Waals surface area contributed by atoms with Gasteiger partial charge in [0.1, 0.15) is 25.1 Å². The Balaban J connectivity index is 1.75. The van der Waals surface area contributed by atoms with Gasteiger partial charge in [0.2, 0.25) is 11.6 Å². The van der Waals surface area contributed by atoms with Gasteiger partial charge in [-0.1, -0.05) is 5.16 Å². The number of nitrogens with zero attached hydrogens (tertiary/aromatic N) is 2. The Kier molecular flexibility index (Phi) is 5.77. The number of carboxylic acid groups (broad SMARTS) is 1. The predicted molar refractivity (Wildman–Crippen MR) is 97.5 cm³/mol. The Morgan fingerprint density at radius 2 is 2.21 bits per heavy atom. The molecule has 154 valence electrons. The van der Waals surface area contributed by atoms with E-state index in [9.17, 15) is 24.3 Å². The van der Waals surface area contributed by atoms with Crippen molar-refractivity contribution in [1.82, 2.24) is 10.2 Å². The van der Waals surface area contributed by atoms with Crippen molar-refractivity contribution in [3.8, 4) is 0 Å². The fraction of sp³-hybridized carbons (Fsp3) is 0.312. The summed E-state index contributed by atoms with van der Waals surface area (Å²) in [5.74, 6) is -2.49. The number of carbonyl (C=O) groups excluding carboxylic acids is 3. The smallest absolute Gasteiger partial charge is 0.404 e. The van der Waals surface area contributed by atoms with Crippen molar-refractivity contribution in [2.45, 2.75) is 17.5 Å². The third-order valence-corrected chi connectivity index (χ3v) is 5.34. The molecule has 4 N–H and O–H groups in total. The van der Waals surface area contributed by atoms with Crippen LogP contribution in [-0.4, -0.2) is 70.8 Å². The highest BCUT2D eigenvalue weighted by Gasteiger charge is 2.56. The molecule has 0 aliphatic carbocycles. The molecule has 0 bridgehead atoms. The van der Waals surface area contributed by atoms with E-state index in [0.717, 1.165) is 16.7 Å². The number of oxime groups is 1. The third kappa shape index (κ3) is 3.89. The fourth-order valence-corrected chi connectivity index (χ4v) is 4.10. The number of nitrogens with one attached hydrogen (secondary N) is 1. The number of nitrogens with two attached hydrogens (primary N) is 1. The molecule has 13 heteroatoms. The number of hydrogen-bond donors (Lipinski definition) is 3. The molecule has 29 heavy (non-hydrogen) atoms. The highest BCUT2D eigenvalue weighted by molar-refractivity contribution is 8.02.